The molecule has 1 aromatic heterocycles. The lowest BCUT2D eigenvalue weighted by Gasteiger charge is -2.44. The van der Waals surface area contributed by atoms with Crippen molar-refractivity contribution in [3.63, 3.8) is 0 Å². The lowest BCUT2D eigenvalue weighted by atomic mass is 9.86. The molecule has 0 bridgehead atoms. The number of hydrogen-bond donors (Lipinski definition) is 3. The Hall–Kier alpha value is -4.44. The molecule has 5 rings (SSSR count). The van der Waals surface area contributed by atoms with Gasteiger partial charge >= 0.3 is 32.2 Å². The normalized spacial score (nSPS) is 20.5. The van der Waals surface area contributed by atoms with E-state index in [1.165, 1.54) is 35.6 Å². The molecule has 3 saturated heterocycles. The number of carbonyl (C=O) groups is 6. The van der Waals surface area contributed by atoms with Gasteiger partial charge in [0, 0.05) is 81.6 Å². The van der Waals surface area contributed by atoms with Crippen molar-refractivity contribution < 1.29 is 75.1 Å². The summed E-state index contributed by atoms with van der Waals surface area (Å²) in [6, 6.07) is 8.36. The van der Waals surface area contributed by atoms with Crippen molar-refractivity contribution in [2.24, 2.45) is 0 Å². The fraction of sp³-hybridized carbons (Fsp3) is 0.761. The number of nitrogen functional groups attached to an aromatic ring is 1. The van der Waals surface area contributed by atoms with Gasteiger partial charge < -0.3 is 62.7 Å². The van der Waals surface area contributed by atoms with E-state index in [1.54, 1.807) is 18.9 Å². The summed E-state index contributed by atoms with van der Waals surface area (Å²) in [6.45, 7) is 27.8. The number of carbonyl (C=O) groups excluding carboxylic acids is 6. The largest absolute Gasteiger partial charge is 0.463 e. The van der Waals surface area contributed by atoms with Crippen molar-refractivity contribution in [2.45, 2.75) is 276 Å². The van der Waals surface area contributed by atoms with Gasteiger partial charge in [0.25, 0.3) is 20.9 Å². The number of Topliss-reactive ketones (excluding diaryl/α,β-unsaturated/α-hetero) is 1. The lowest BCUT2D eigenvalue weighted by molar-refractivity contribution is -0.320. The van der Waals surface area contributed by atoms with Gasteiger partial charge in [-0.15, -0.1) is 0 Å². The number of ether oxygens (including phenoxy) is 6. The van der Waals surface area contributed by atoms with Crippen LogP contribution in [0.1, 0.15) is 216 Å². The molecule has 27 heteroatoms. The number of urea groups is 1. The number of unbranched alkanes of at least 4 members (excludes halogenated alkanes) is 7. The number of thioether (sulfide) groups is 1. The van der Waals surface area contributed by atoms with Crippen molar-refractivity contribution in [3.05, 3.63) is 58.1 Å². The van der Waals surface area contributed by atoms with Crippen molar-refractivity contribution in [1.82, 2.24) is 29.8 Å². The summed E-state index contributed by atoms with van der Waals surface area (Å²) in [5.74, 6) is -0.356. The molecule has 3 aliphatic heterocycles. The van der Waals surface area contributed by atoms with E-state index < -0.39 is 71.3 Å². The summed E-state index contributed by atoms with van der Waals surface area (Å²) in [4.78, 5) is 95.1. The van der Waals surface area contributed by atoms with E-state index >= 15 is 0 Å². The highest BCUT2D eigenvalue weighted by atomic mass is 32.2. The number of nitrogens with two attached hydrogens (primary N) is 1. The Morgan fingerprint density at radius 3 is 1.96 bits per heavy atom. The fourth-order valence-corrected chi connectivity index (χ4v) is 19.3. The van der Waals surface area contributed by atoms with Crippen LogP contribution < -0.4 is 22.1 Å². The Kier molecular flexibility index (Phi) is 33.0. The van der Waals surface area contributed by atoms with E-state index in [4.69, 9.17) is 52.1 Å². The summed E-state index contributed by atoms with van der Waals surface area (Å²) < 4.78 is 66.6. The number of esters is 2. The van der Waals surface area contributed by atoms with Gasteiger partial charge in [-0.2, -0.15) is 16.7 Å². The topological polar surface area (TPSA) is 286 Å². The van der Waals surface area contributed by atoms with Crippen LogP contribution in [0, 0.1) is 0 Å². The van der Waals surface area contributed by atoms with E-state index in [0.717, 1.165) is 69.8 Å². The van der Waals surface area contributed by atoms with Crippen molar-refractivity contribution in [1.29, 1.82) is 0 Å². The standard InChI is InChI=1S/C67H112N7O17PSSi/c1-44(2)74(45(3)4)92(82-16)90-59-54(88-62(72-37-34-56(68)70-63(72)80)60(59)89-65(85-40-38-83-48(9)75)86-41-39-84-49(10)76)42-87-94(46(5)6,47(7)8)91-67(14,15)35-33-52(77)26-22-20-18-17-19-21-25-36-69-57(78)28-24-23-27-55-58-53(43-93-55)73(64(81)71-58)61(79)50-29-31-51(32-30-50)66(11,12)13/h29-32,34,37,44-47,53-55,58-60,62,65H,17-28,33,35-36,38-43H2,1-16H3,(H,69,78)(H,71,81)(H2,68,70,80)/t53-,54-,55+,58-,59-,60-,62?,92?/m1/s1. The molecule has 3 aliphatic rings. The molecule has 0 radical (unpaired) electrons. The molecule has 3 fully saturated rings. The highest BCUT2D eigenvalue weighted by Gasteiger charge is 2.55. The predicted octanol–water partition coefficient (Wildman–Crippen LogP) is 11.2. The molecule has 4 N–H and O–H groups in total. The van der Waals surface area contributed by atoms with Crippen LogP contribution in [0.5, 0.6) is 0 Å². The van der Waals surface area contributed by atoms with E-state index in [0.29, 0.717) is 43.5 Å². The molecule has 24 nitrogen and oxygen atoms in total. The van der Waals surface area contributed by atoms with E-state index in [2.05, 4.69) is 68.8 Å². The Labute approximate surface area is 565 Å². The van der Waals surface area contributed by atoms with Crippen LogP contribution in [0.4, 0.5) is 10.6 Å². The second-order valence-electron chi connectivity index (χ2n) is 27.5. The quantitative estimate of drug-likeness (QED) is 0.0139. The fourth-order valence-electron chi connectivity index (χ4n) is 12.2. The first-order valence-corrected chi connectivity index (χ1v) is 38.0. The molecular formula is C67H112N7O17PSSi. The molecular weight excluding hydrogens is 1270 g/mol. The Morgan fingerprint density at radius 2 is 1.39 bits per heavy atom. The van der Waals surface area contributed by atoms with Crippen LogP contribution in [0.2, 0.25) is 11.1 Å². The van der Waals surface area contributed by atoms with Crippen LogP contribution in [0.3, 0.4) is 0 Å². The average molecular weight is 1380 g/mol. The van der Waals surface area contributed by atoms with Gasteiger partial charge in [-0.05, 0) is 114 Å². The van der Waals surface area contributed by atoms with Crippen LogP contribution in [0.15, 0.2) is 41.3 Å². The minimum Gasteiger partial charge on any atom is -0.463 e. The molecule has 0 aliphatic carbocycles. The maximum atomic E-state index is 13.7. The monoisotopic (exact) mass is 1380 g/mol. The number of anilines is 1. The minimum absolute atomic E-state index is 0.00641. The van der Waals surface area contributed by atoms with Crippen LogP contribution in [0.25, 0.3) is 0 Å². The van der Waals surface area contributed by atoms with Crippen LogP contribution >= 0.6 is 20.3 Å². The van der Waals surface area contributed by atoms with Crippen molar-refractivity contribution in [2.75, 3.05) is 58.2 Å². The number of ketones is 1. The zero-order valence-corrected chi connectivity index (χ0v) is 61.6. The summed E-state index contributed by atoms with van der Waals surface area (Å²) in [5, 5.41) is 6.37. The first-order chi connectivity index (χ1) is 44.4. The number of nitrogens with one attached hydrogen (secondary N) is 2. The highest BCUT2D eigenvalue weighted by Crippen LogP contribution is 2.51. The molecule has 2 aromatic rings. The zero-order valence-electron chi connectivity index (χ0n) is 58.9. The van der Waals surface area contributed by atoms with Gasteiger partial charge in [0.1, 0.15) is 43.1 Å². The molecule has 0 spiro atoms. The maximum Gasteiger partial charge on any atom is 0.351 e. The van der Waals surface area contributed by atoms with Crippen LogP contribution in [-0.2, 0) is 70.9 Å². The van der Waals surface area contributed by atoms with E-state index in [9.17, 15) is 33.6 Å². The predicted molar refractivity (Wildman–Crippen MR) is 365 cm³/mol. The third kappa shape index (κ3) is 24.5. The van der Waals surface area contributed by atoms with E-state index in [-0.39, 0.29) is 108 Å². The van der Waals surface area contributed by atoms with Crippen molar-refractivity contribution in [3.8, 4) is 0 Å². The van der Waals surface area contributed by atoms with Gasteiger partial charge in [0.05, 0.1) is 37.5 Å². The van der Waals surface area contributed by atoms with Gasteiger partial charge in [-0.1, -0.05) is 99.1 Å². The maximum absolute atomic E-state index is 13.7. The molecule has 4 heterocycles. The number of hydrogen-bond acceptors (Lipinski definition) is 21. The lowest BCUT2D eigenvalue weighted by Crippen LogP contribution is -2.55. The third-order valence-electron chi connectivity index (χ3n) is 17.1. The number of aromatic nitrogens is 2. The average Bonchev–Trinajstić information content (AvgIpc) is 1.60. The number of nitrogens with zero attached hydrogens (tertiary/aromatic N) is 4. The second-order valence-corrected chi connectivity index (χ2v) is 34.5. The van der Waals surface area contributed by atoms with Gasteiger partial charge in [0.15, 0.2) is 6.23 Å². The molecule has 8 atom stereocenters. The first-order valence-electron chi connectivity index (χ1n) is 33.8. The number of fused-ring (bicyclic) bond motifs is 1. The minimum atomic E-state index is -3.28. The van der Waals surface area contributed by atoms with Gasteiger partial charge in [-0.25, -0.2) is 14.3 Å². The van der Waals surface area contributed by atoms with Gasteiger partial charge in [-0.3, -0.25) is 33.4 Å². The number of rotatable bonds is 43. The molecule has 532 valence electrons. The van der Waals surface area contributed by atoms with Crippen LogP contribution in [-0.4, -0.2) is 175 Å². The Morgan fingerprint density at radius 1 is 0.798 bits per heavy atom. The Balaban J connectivity index is 1.09. The Bertz CT molecular complexity index is 2740. The van der Waals surface area contributed by atoms with E-state index in [1.807, 2.05) is 65.8 Å². The van der Waals surface area contributed by atoms with Gasteiger partial charge in [0.2, 0.25) is 5.91 Å². The molecule has 4 amide bonds. The summed E-state index contributed by atoms with van der Waals surface area (Å²) in [6.07, 6.45) is 8.14. The SMILES string of the molecule is COP(O[C@@H]1[C@@H](CO[Si](OC(C)(C)CCC(=O)CCCCCCCCCNC(=O)CCCC[C@@H]2SC[C@@H]3[C@H]2NC(=O)N3C(=O)c2ccc(C(C)(C)C)cc2)(C(C)C)C(C)C)OC(n2ccc(N)nc2=O)[C@@H]1OC(OCCOC(C)=O)OCCOC(C)=O)N(C(C)C)C(C)C. The highest BCUT2D eigenvalue weighted by molar-refractivity contribution is 8.00. The smallest absolute Gasteiger partial charge is 0.351 e. The molecule has 94 heavy (non-hydrogen) atoms. The molecule has 1 aromatic carbocycles. The number of imide groups is 1. The number of benzene rings is 1. The summed E-state index contributed by atoms with van der Waals surface area (Å²) in [5.41, 5.74) is 5.93. The third-order valence-corrected chi connectivity index (χ3v) is 25.3. The van der Waals surface area contributed by atoms with Crippen molar-refractivity contribution >= 4 is 70.2 Å². The second kappa shape index (κ2) is 38.6. The first kappa shape index (κ1) is 80.2. The number of amides is 4. The summed E-state index contributed by atoms with van der Waals surface area (Å²) in [7, 11) is -3.56. The molecule has 2 unspecified atom stereocenters. The molecule has 0 saturated carbocycles. The zero-order chi connectivity index (χ0) is 69.5. The summed E-state index contributed by atoms with van der Waals surface area (Å²) >= 11 is 1.80.